The molecule has 6 heteroatoms. The fraction of sp³-hybridized carbons (Fsp3) is 0.600. The zero-order chi connectivity index (χ0) is 9.07. The van der Waals surface area contributed by atoms with E-state index in [1.165, 1.54) is 0 Å². The molecule has 64 valence electrons. The predicted octanol–water partition coefficient (Wildman–Crippen LogP) is 0.983. The summed E-state index contributed by atoms with van der Waals surface area (Å²) in [6, 6.07) is 0. The zero-order valence-electron chi connectivity index (χ0n) is 5.31. The predicted molar refractivity (Wildman–Crippen MR) is 27.9 cm³/mol. The van der Waals surface area contributed by atoms with Crippen molar-refractivity contribution in [1.82, 2.24) is 0 Å². The minimum absolute atomic E-state index is 0.779. The molecule has 0 bridgehead atoms. The first-order valence-corrected chi connectivity index (χ1v) is 2.66. The van der Waals surface area contributed by atoms with Gasteiger partial charge in [0.25, 0.3) is 0 Å². The van der Waals surface area contributed by atoms with E-state index in [-0.39, 0.29) is 0 Å². The van der Waals surface area contributed by atoms with Crippen molar-refractivity contribution in [1.29, 1.82) is 0 Å². The molecule has 11 heavy (non-hydrogen) atoms. The Morgan fingerprint density at radius 2 is 1.64 bits per heavy atom. The summed E-state index contributed by atoms with van der Waals surface area (Å²) in [5.74, 6) is -3.41. The fourth-order valence-electron chi connectivity index (χ4n) is 0.362. The molecule has 0 spiro atoms. The molecule has 0 radical (unpaired) electrons. The van der Waals surface area contributed by atoms with E-state index in [4.69, 9.17) is 5.11 Å². The standard InChI is InChI=1S/C5H5F3O3/c6-5(7,8)3(9)1-2-4(10)11/h1-2H2,(H,10,11). The minimum atomic E-state index is -4.91. The Labute approximate surface area is 59.8 Å². The molecule has 0 aromatic carbocycles. The van der Waals surface area contributed by atoms with Crippen LogP contribution in [0.2, 0.25) is 0 Å². The highest BCUT2D eigenvalue weighted by atomic mass is 19.4. The van der Waals surface area contributed by atoms with Gasteiger partial charge in [-0.1, -0.05) is 0 Å². The van der Waals surface area contributed by atoms with Gasteiger partial charge in [-0.15, -0.1) is 0 Å². The maximum Gasteiger partial charge on any atom is 0.449 e. The lowest BCUT2D eigenvalue weighted by Gasteiger charge is -2.01. The molecule has 3 nitrogen and oxygen atoms in total. The van der Waals surface area contributed by atoms with Crippen LogP contribution in [0.1, 0.15) is 12.8 Å². The Kier molecular flexibility index (Phi) is 3.03. The van der Waals surface area contributed by atoms with Gasteiger partial charge < -0.3 is 5.11 Å². The van der Waals surface area contributed by atoms with E-state index in [1.807, 2.05) is 0 Å². The summed E-state index contributed by atoms with van der Waals surface area (Å²) in [4.78, 5) is 19.7. The monoisotopic (exact) mass is 170 g/mol. The molecule has 0 aliphatic carbocycles. The highest BCUT2D eigenvalue weighted by Crippen LogP contribution is 2.18. The second kappa shape index (κ2) is 3.36. The summed E-state index contributed by atoms with van der Waals surface area (Å²) >= 11 is 0. The molecule has 0 aliphatic heterocycles. The molecule has 0 rings (SSSR count). The molecule has 0 amide bonds. The van der Waals surface area contributed by atoms with Crippen LogP contribution in [0, 0.1) is 0 Å². The van der Waals surface area contributed by atoms with Gasteiger partial charge in [-0.25, -0.2) is 0 Å². The fourth-order valence-corrected chi connectivity index (χ4v) is 0.362. The van der Waals surface area contributed by atoms with E-state index >= 15 is 0 Å². The molecule has 0 aromatic rings. The third-order valence-corrected chi connectivity index (χ3v) is 0.882. The zero-order valence-corrected chi connectivity index (χ0v) is 5.31. The van der Waals surface area contributed by atoms with Crippen molar-refractivity contribution in [2.24, 2.45) is 0 Å². The second-order valence-corrected chi connectivity index (χ2v) is 1.81. The van der Waals surface area contributed by atoms with Gasteiger partial charge in [0.2, 0.25) is 5.78 Å². The van der Waals surface area contributed by atoms with Crippen molar-refractivity contribution in [2.45, 2.75) is 19.0 Å². The summed E-state index contributed by atoms with van der Waals surface area (Å²) in [6.45, 7) is 0. The van der Waals surface area contributed by atoms with Gasteiger partial charge in [0.15, 0.2) is 0 Å². The average molecular weight is 170 g/mol. The van der Waals surface area contributed by atoms with Gasteiger partial charge in [0.05, 0.1) is 6.42 Å². The van der Waals surface area contributed by atoms with Crippen LogP contribution in [0.3, 0.4) is 0 Å². The first kappa shape index (κ1) is 9.93. The third kappa shape index (κ3) is 4.35. The lowest BCUT2D eigenvalue weighted by Crippen LogP contribution is -2.23. The molecular weight excluding hydrogens is 165 g/mol. The van der Waals surface area contributed by atoms with E-state index in [1.54, 1.807) is 0 Å². The summed E-state index contributed by atoms with van der Waals surface area (Å²) < 4.78 is 34.1. The molecule has 0 saturated carbocycles. The van der Waals surface area contributed by atoms with Crippen LogP contribution in [-0.4, -0.2) is 23.0 Å². The third-order valence-electron chi connectivity index (χ3n) is 0.882. The number of rotatable bonds is 3. The van der Waals surface area contributed by atoms with Gasteiger partial charge in [0, 0.05) is 6.42 Å². The second-order valence-electron chi connectivity index (χ2n) is 1.81. The van der Waals surface area contributed by atoms with Crippen molar-refractivity contribution in [2.75, 3.05) is 0 Å². The number of carbonyl (C=O) groups is 2. The number of carbonyl (C=O) groups excluding carboxylic acids is 1. The number of hydrogen-bond donors (Lipinski definition) is 1. The van der Waals surface area contributed by atoms with Gasteiger partial charge in [0.1, 0.15) is 0 Å². The Bertz CT molecular complexity index is 172. The van der Waals surface area contributed by atoms with E-state index in [9.17, 15) is 22.8 Å². The lowest BCUT2D eigenvalue weighted by atomic mass is 10.2. The van der Waals surface area contributed by atoms with Crippen LogP contribution in [0.4, 0.5) is 13.2 Å². The summed E-state index contributed by atoms with van der Waals surface area (Å²) in [6.07, 6.45) is -6.67. The van der Waals surface area contributed by atoms with Gasteiger partial charge in [-0.05, 0) is 0 Å². The maximum absolute atomic E-state index is 11.4. The summed E-state index contributed by atoms with van der Waals surface area (Å²) in [5, 5.41) is 7.91. The Balaban J connectivity index is 3.80. The molecule has 0 saturated heterocycles. The number of halogens is 3. The Morgan fingerprint density at radius 3 is 1.91 bits per heavy atom. The molecule has 0 atom stereocenters. The van der Waals surface area contributed by atoms with Crippen molar-refractivity contribution >= 4 is 11.8 Å². The van der Waals surface area contributed by atoms with E-state index in [0.29, 0.717) is 0 Å². The van der Waals surface area contributed by atoms with Crippen molar-refractivity contribution in [3.8, 4) is 0 Å². The lowest BCUT2D eigenvalue weighted by molar-refractivity contribution is -0.171. The minimum Gasteiger partial charge on any atom is -0.481 e. The van der Waals surface area contributed by atoms with E-state index in [0.717, 1.165) is 0 Å². The largest absolute Gasteiger partial charge is 0.481 e. The molecule has 0 fully saturated rings. The molecule has 0 unspecified atom stereocenters. The number of aliphatic carboxylic acids is 1. The number of alkyl halides is 3. The van der Waals surface area contributed by atoms with Crippen LogP contribution in [0.15, 0.2) is 0 Å². The highest BCUT2D eigenvalue weighted by Gasteiger charge is 2.37. The SMILES string of the molecule is O=C(O)CCC(=O)C(F)(F)F. The van der Waals surface area contributed by atoms with Crippen LogP contribution >= 0.6 is 0 Å². The van der Waals surface area contributed by atoms with E-state index in [2.05, 4.69) is 0 Å². The average Bonchev–Trinajstić information content (AvgIpc) is 1.80. The first-order valence-electron chi connectivity index (χ1n) is 2.66. The van der Waals surface area contributed by atoms with Crippen LogP contribution in [-0.2, 0) is 9.59 Å². The quantitative estimate of drug-likeness (QED) is 0.686. The number of carboxylic acid groups (broad SMARTS) is 1. The molecule has 0 aromatic heterocycles. The number of Topliss-reactive ketones (excluding diaryl/α,β-unsaturated/α-hetero) is 1. The molecule has 0 aliphatic rings. The summed E-state index contributed by atoms with van der Waals surface area (Å²) in [7, 11) is 0. The van der Waals surface area contributed by atoms with Crippen molar-refractivity contribution in [3.63, 3.8) is 0 Å². The topological polar surface area (TPSA) is 54.4 Å². The van der Waals surface area contributed by atoms with Crippen LogP contribution in [0.25, 0.3) is 0 Å². The van der Waals surface area contributed by atoms with Crippen molar-refractivity contribution < 1.29 is 27.9 Å². The van der Waals surface area contributed by atoms with Crippen LogP contribution < -0.4 is 0 Å². The Morgan fingerprint density at radius 1 is 1.18 bits per heavy atom. The number of hydrogen-bond acceptors (Lipinski definition) is 2. The maximum atomic E-state index is 11.4. The van der Waals surface area contributed by atoms with Crippen LogP contribution in [0.5, 0.6) is 0 Å². The van der Waals surface area contributed by atoms with Gasteiger partial charge in [-0.2, -0.15) is 13.2 Å². The normalized spacial score (nSPS) is 11.2. The Hall–Kier alpha value is -1.07. The molecule has 0 heterocycles. The summed E-state index contributed by atoms with van der Waals surface area (Å²) in [5.41, 5.74) is 0. The van der Waals surface area contributed by atoms with Gasteiger partial charge >= 0.3 is 12.1 Å². The number of carboxylic acids is 1. The highest BCUT2D eigenvalue weighted by molar-refractivity contribution is 5.86. The first-order chi connectivity index (χ1) is 4.84. The van der Waals surface area contributed by atoms with E-state index < -0.39 is 30.8 Å². The van der Waals surface area contributed by atoms with Gasteiger partial charge in [-0.3, -0.25) is 9.59 Å². The van der Waals surface area contributed by atoms with Crippen molar-refractivity contribution in [3.05, 3.63) is 0 Å². The smallest absolute Gasteiger partial charge is 0.449 e. The molecule has 1 N–H and O–H groups in total. The number of ketones is 1. The molecular formula is C5H5F3O3.